The summed E-state index contributed by atoms with van der Waals surface area (Å²) in [6.07, 6.45) is 2.95. The predicted octanol–water partition coefficient (Wildman–Crippen LogP) is 3.11. The number of aliphatic hydroxyl groups is 1. The van der Waals surface area contributed by atoms with Crippen molar-refractivity contribution in [2.24, 2.45) is 0 Å². The molecule has 4 aromatic rings. The molecular formula is C24H30N6O3. The summed E-state index contributed by atoms with van der Waals surface area (Å²) in [5, 5.41) is 22.9. The lowest BCUT2D eigenvalue weighted by Crippen LogP contribution is -2.34. The van der Waals surface area contributed by atoms with Gasteiger partial charge in [-0.05, 0) is 84.0 Å². The summed E-state index contributed by atoms with van der Waals surface area (Å²) in [5.74, 6) is 1.47. The van der Waals surface area contributed by atoms with Crippen LogP contribution in [0.4, 0.5) is 0 Å². The molecule has 174 valence electrons. The highest BCUT2D eigenvalue weighted by Gasteiger charge is 2.26. The van der Waals surface area contributed by atoms with Gasteiger partial charge in [-0.2, -0.15) is 0 Å². The van der Waals surface area contributed by atoms with Gasteiger partial charge < -0.3 is 14.5 Å². The van der Waals surface area contributed by atoms with Crippen molar-refractivity contribution < 1.29 is 9.52 Å². The molecule has 1 unspecified atom stereocenters. The SMILES string of the molecule is CCC(c1nnnn1Cc1ccco1)N(CCCO)Cc1cc2cc(C)c(C)cc2[nH]c1=O. The summed E-state index contributed by atoms with van der Waals surface area (Å²) in [4.78, 5) is 18.1. The second-order valence-corrected chi connectivity index (χ2v) is 8.39. The molecule has 0 fully saturated rings. The number of rotatable bonds is 10. The fourth-order valence-corrected chi connectivity index (χ4v) is 4.19. The Morgan fingerprint density at radius 2 is 2.06 bits per heavy atom. The Morgan fingerprint density at radius 3 is 2.79 bits per heavy atom. The highest BCUT2D eigenvalue weighted by atomic mass is 16.3. The van der Waals surface area contributed by atoms with Crippen LogP contribution in [0.15, 0.2) is 45.8 Å². The molecule has 3 heterocycles. The molecule has 3 aromatic heterocycles. The summed E-state index contributed by atoms with van der Waals surface area (Å²) in [5.41, 5.74) is 3.73. The van der Waals surface area contributed by atoms with Gasteiger partial charge in [0, 0.05) is 30.8 Å². The number of nitrogens with zero attached hydrogens (tertiary/aromatic N) is 5. The first kappa shape index (κ1) is 22.9. The zero-order valence-electron chi connectivity index (χ0n) is 19.3. The molecule has 0 aliphatic carbocycles. The van der Waals surface area contributed by atoms with Crippen LogP contribution in [0.2, 0.25) is 0 Å². The van der Waals surface area contributed by atoms with Crippen molar-refractivity contribution in [2.45, 2.75) is 52.7 Å². The molecular weight excluding hydrogens is 420 g/mol. The van der Waals surface area contributed by atoms with Gasteiger partial charge in [0.05, 0.1) is 12.3 Å². The molecule has 1 aromatic carbocycles. The second kappa shape index (κ2) is 10.1. The lowest BCUT2D eigenvalue weighted by atomic mass is 10.0. The summed E-state index contributed by atoms with van der Waals surface area (Å²) < 4.78 is 7.19. The Labute approximate surface area is 192 Å². The molecule has 0 saturated carbocycles. The van der Waals surface area contributed by atoms with Crippen LogP contribution >= 0.6 is 0 Å². The quantitative estimate of drug-likeness (QED) is 0.382. The van der Waals surface area contributed by atoms with Crippen LogP contribution in [0.25, 0.3) is 10.9 Å². The van der Waals surface area contributed by atoms with Crippen molar-refractivity contribution in [3.05, 3.63) is 75.2 Å². The van der Waals surface area contributed by atoms with E-state index in [1.54, 1.807) is 10.9 Å². The maximum atomic E-state index is 12.9. The van der Waals surface area contributed by atoms with Crippen molar-refractivity contribution in [3.8, 4) is 0 Å². The Kier molecular flexibility index (Phi) is 7.00. The molecule has 9 nitrogen and oxygen atoms in total. The van der Waals surface area contributed by atoms with Crippen LogP contribution in [0.5, 0.6) is 0 Å². The number of aromatic amines is 1. The van der Waals surface area contributed by atoms with Gasteiger partial charge in [0.25, 0.3) is 5.56 Å². The number of H-pyrrole nitrogens is 1. The zero-order valence-corrected chi connectivity index (χ0v) is 19.3. The Hall–Kier alpha value is -3.30. The Balaban J connectivity index is 1.67. The number of hydrogen-bond acceptors (Lipinski definition) is 7. The molecule has 0 spiro atoms. The molecule has 0 saturated heterocycles. The minimum absolute atomic E-state index is 0.0663. The number of nitrogens with one attached hydrogen (secondary N) is 1. The third kappa shape index (κ3) is 5.04. The van der Waals surface area contributed by atoms with E-state index in [0.717, 1.165) is 28.6 Å². The minimum atomic E-state index is -0.128. The van der Waals surface area contributed by atoms with Gasteiger partial charge in [0.2, 0.25) is 0 Å². The Morgan fingerprint density at radius 1 is 1.24 bits per heavy atom. The van der Waals surface area contributed by atoms with Crippen LogP contribution in [0, 0.1) is 13.8 Å². The number of benzene rings is 1. The highest BCUT2D eigenvalue weighted by molar-refractivity contribution is 5.80. The standard InChI is InChI=1S/C24H30N6O3/c1-4-22(23-26-27-28-30(23)15-20-7-5-10-33-20)29(8-6-9-31)14-19-13-18-11-16(2)17(3)12-21(18)25-24(19)32/h5,7,10-13,22,31H,4,6,8-9,14-15H2,1-3H3,(H,25,32). The van der Waals surface area contributed by atoms with Gasteiger partial charge >= 0.3 is 0 Å². The topological polar surface area (TPSA) is 113 Å². The van der Waals surface area contributed by atoms with E-state index >= 15 is 0 Å². The molecule has 0 radical (unpaired) electrons. The van der Waals surface area contributed by atoms with E-state index in [9.17, 15) is 9.90 Å². The van der Waals surface area contributed by atoms with Crippen LogP contribution in [-0.2, 0) is 13.1 Å². The fourth-order valence-electron chi connectivity index (χ4n) is 4.19. The predicted molar refractivity (Wildman–Crippen MR) is 125 cm³/mol. The van der Waals surface area contributed by atoms with Gasteiger partial charge in [0.15, 0.2) is 5.82 Å². The molecule has 9 heteroatoms. The maximum absolute atomic E-state index is 12.9. The second-order valence-electron chi connectivity index (χ2n) is 8.39. The zero-order chi connectivity index (χ0) is 23.4. The number of fused-ring (bicyclic) bond motifs is 1. The van der Waals surface area contributed by atoms with E-state index in [4.69, 9.17) is 4.42 Å². The van der Waals surface area contributed by atoms with E-state index in [1.165, 1.54) is 5.56 Å². The lowest BCUT2D eigenvalue weighted by molar-refractivity contribution is 0.152. The number of aliphatic hydroxyl groups excluding tert-OH is 1. The molecule has 33 heavy (non-hydrogen) atoms. The van der Waals surface area contributed by atoms with Crippen molar-refractivity contribution in [1.29, 1.82) is 0 Å². The molecule has 0 amide bonds. The van der Waals surface area contributed by atoms with Crippen molar-refractivity contribution >= 4 is 10.9 Å². The number of aryl methyl sites for hydroxylation is 2. The summed E-state index contributed by atoms with van der Waals surface area (Å²) in [7, 11) is 0. The van der Waals surface area contributed by atoms with Crippen LogP contribution in [-0.4, -0.2) is 48.3 Å². The summed E-state index contributed by atoms with van der Waals surface area (Å²) in [6.45, 7) is 7.69. The van der Waals surface area contributed by atoms with Crippen LogP contribution in [0.3, 0.4) is 0 Å². The Bertz CT molecular complexity index is 1260. The average Bonchev–Trinajstić information content (AvgIpc) is 3.47. The molecule has 0 bridgehead atoms. The maximum Gasteiger partial charge on any atom is 0.252 e. The van der Waals surface area contributed by atoms with E-state index in [2.05, 4.69) is 45.3 Å². The number of aromatic nitrogens is 5. The van der Waals surface area contributed by atoms with Gasteiger partial charge in [-0.15, -0.1) is 5.10 Å². The number of pyridine rings is 1. The first-order chi connectivity index (χ1) is 16.0. The van der Waals surface area contributed by atoms with E-state index in [-0.39, 0.29) is 18.2 Å². The van der Waals surface area contributed by atoms with Crippen LogP contribution < -0.4 is 5.56 Å². The summed E-state index contributed by atoms with van der Waals surface area (Å²) in [6, 6.07) is 9.66. The van der Waals surface area contributed by atoms with Crippen molar-refractivity contribution in [1.82, 2.24) is 30.1 Å². The monoisotopic (exact) mass is 450 g/mol. The van der Waals surface area contributed by atoms with E-state index in [0.29, 0.717) is 37.4 Å². The van der Waals surface area contributed by atoms with E-state index < -0.39 is 0 Å². The smallest absolute Gasteiger partial charge is 0.252 e. The normalized spacial score (nSPS) is 12.6. The van der Waals surface area contributed by atoms with E-state index in [1.807, 2.05) is 31.2 Å². The van der Waals surface area contributed by atoms with Gasteiger partial charge in [-0.25, -0.2) is 4.68 Å². The molecule has 0 aliphatic rings. The third-order valence-corrected chi connectivity index (χ3v) is 6.08. The molecule has 4 rings (SSSR count). The lowest BCUT2D eigenvalue weighted by Gasteiger charge is -2.30. The fraction of sp³-hybridized carbons (Fsp3) is 0.417. The summed E-state index contributed by atoms with van der Waals surface area (Å²) >= 11 is 0. The molecule has 1 atom stereocenters. The van der Waals surface area contributed by atoms with Gasteiger partial charge in [0.1, 0.15) is 12.3 Å². The highest BCUT2D eigenvalue weighted by Crippen LogP contribution is 2.25. The first-order valence-corrected chi connectivity index (χ1v) is 11.3. The first-order valence-electron chi connectivity index (χ1n) is 11.3. The van der Waals surface area contributed by atoms with Crippen LogP contribution in [0.1, 0.15) is 54.1 Å². The molecule has 2 N–H and O–H groups in total. The van der Waals surface area contributed by atoms with Crippen molar-refractivity contribution in [2.75, 3.05) is 13.2 Å². The number of hydrogen-bond donors (Lipinski definition) is 2. The van der Waals surface area contributed by atoms with Gasteiger partial charge in [-0.1, -0.05) is 6.92 Å². The van der Waals surface area contributed by atoms with Gasteiger partial charge in [-0.3, -0.25) is 9.69 Å². The third-order valence-electron chi connectivity index (χ3n) is 6.08. The average molecular weight is 451 g/mol. The molecule has 0 aliphatic heterocycles. The van der Waals surface area contributed by atoms with Crippen molar-refractivity contribution in [3.63, 3.8) is 0 Å². The largest absolute Gasteiger partial charge is 0.467 e. The minimum Gasteiger partial charge on any atom is -0.467 e. The number of furan rings is 1. The number of tetrazole rings is 1.